The van der Waals surface area contributed by atoms with Crippen molar-refractivity contribution in [1.29, 1.82) is 0 Å². The molecule has 0 aliphatic heterocycles. The second-order valence-corrected chi connectivity index (χ2v) is 3.52. The summed E-state index contributed by atoms with van der Waals surface area (Å²) in [7, 11) is 0. The standard InChI is InChI=1S/C8H10BrNO/c1-6(2)10-5-3-4-7(9)8(10)11/h3-6H,1-2H3. The van der Waals surface area contributed by atoms with Gasteiger partial charge in [0, 0.05) is 12.2 Å². The number of pyridine rings is 1. The molecular formula is C8H10BrNO. The van der Waals surface area contributed by atoms with Crippen LogP contribution in [0, 0.1) is 0 Å². The summed E-state index contributed by atoms with van der Waals surface area (Å²) in [5, 5.41) is 0. The summed E-state index contributed by atoms with van der Waals surface area (Å²) in [6, 6.07) is 3.83. The van der Waals surface area contributed by atoms with E-state index in [2.05, 4.69) is 15.9 Å². The van der Waals surface area contributed by atoms with E-state index in [1.807, 2.05) is 19.9 Å². The van der Waals surface area contributed by atoms with E-state index in [-0.39, 0.29) is 11.6 Å². The first-order valence-electron chi connectivity index (χ1n) is 3.49. The second-order valence-electron chi connectivity index (χ2n) is 2.66. The van der Waals surface area contributed by atoms with Gasteiger partial charge in [0.1, 0.15) is 0 Å². The average Bonchev–Trinajstić information content (AvgIpc) is 1.94. The Morgan fingerprint density at radius 2 is 2.18 bits per heavy atom. The fourth-order valence-corrected chi connectivity index (χ4v) is 1.25. The Hall–Kier alpha value is -0.570. The van der Waals surface area contributed by atoms with Crippen molar-refractivity contribution in [3.8, 4) is 0 Å². The second kappa shape index (κ2) is 3.22. The summed E-state index contributed by atoms with van der Waals surface area (Å²) >= 11 is 3.18. The van der Waals surface area contributed by atoms with Crippen LogP contribution in [-0.2, 0) is 0 Å². The number of hydrogen-bond acceptors (Lipinski definition) is 1. The summed E-state index contributed by atoms with van der Waals surface area (Å²) < 4.78 is 2.30. The lowest BCUT2D eigenvalue weighted by Gasteiger charge is -2.08. The molecule has 0 amide bonds. The van der Waals surface area contributed by atoms with Crippen LogP contribution in [-0.4, -0.2) is 4.57 Å². The topological polar surface area (TPSA) is 22.0 Å². The molecule has 0 aliphatic carbocycles. The first kappa shape index (κ1) is 8.53. The molecule has 2 nitrogen and oxygen atoms in total. The van der Waals surface area contributed by atoms with Crippen LogP contribution in [0.4, 0.5) is 0 Å². The quantitative estimate of drug-likeness (QED) is 0.705. The van der Waals surface area contributed by atoms with Gasteiger partial charge in [-0.3, -0.25) is 4.79 Å². The smallest absolute Gasteiger partial charge is 0.265 e. The van der Waals surface area contributed by atoms with E-state index in [1.165, 1.54) is 0 Å². The van der Waals surface area contributed by atoms with Crippen LogP contribution >= 0.6 is 15.9 Å². The Morgan fingerprint density at radius 3 is 2.64 bits per heavy atom. The van der Waals surface area contributed by atoms with Gasteiger partial charge in [-0.1, -0.05) is 0 Å². The van der Waals surface area contributed by atoms with E-state index in [4.69, 9.17) is 0 Å². The summed E-state index contributed by atoms with van der Waals surface area (Å²) in [6.45, 7) is 3.96. The van der Waals surface area contributed by atoms with Gasteiger partial charge < -0.3 is 4.57 Å². The Kier molecular flexibility index (Phi) is 2.49. The lowest BCUT2D eigenvalue weighted by Crippen LogP contribution is -2.21. The molecule has 1 aromatic heterocycles. The van der Waals surface area contributed by atoms with Crippen molar-refractivity contribution in [2.75, 3.05) is 0 Å². The van der Waals surface area contributed by atoms with Gasteiger partial charge in [0.15, 0.2) is 0 Å². The van der Waals surface area contributed by atoms with Crippen molar-refractivity contribution in [3.63, 3.8) is 0 Å². The van der Waals surface area contributed by atoms with Crippen LogP contribution < -0.4 is 5.56 Å². The Bertz CT molecular complexity index is 303. The molecule has 1 rings (SSSR count). The van der Waals surface area contributed by atoms with Crippen molar-refractivity contribution < 1.29 is 0 Å². The van der Waals surface area contributed by atoms with Gasteiger partial charge in [-0.15, -0.1) is 0 Å². The van der Waals surface area contributed by atoms with Crippen molar-refractivity contribution in [1.82, 2.24) is 4.57 Å². The van der Waals surface area contributed by atoms with E-state index in [1.54, 1.807) is 16.8 Å². The Labute approximate surface area is 74.0 Å². The van der Waals surface area contributed by atoms with Crippen molar-refractivity contribution in [3.05, 3.63) is 33.2 Å². The van der Waals surface area contributed by atoms with Crippen LogP contribution in [0.25, 0.3) is 0 Å². The maximum absolute atomic E-state index is 11.3. The maximum atomic E-state index is 11.3. The number of rotatable bonds is 1. The van der Waals surface area contributed by atoms with Crippen LogP contribution in [0.2, 0.25) is 0 Å². The third-order valence-corrected chi connectivity index (χ3v) is 2.09. The van der Waals surface area contributed by atoms with Crippen LogP contribution in [0.3, 0.4) is 0 Å². The first-order chi connectivity index (χ1) is 5.13. The molecule has 0 spiro atoms. The van der Waals surface area contributed by atoms with Crippen LogP contribution in [0.1, 0.15) is 19.9 Å². The molecule has 0 atom stereocenters. The van der Waals surface area contributed by atoms with Crippen molar-refractivity contribution in [2.45, 2.75) is 19.9 Å². The largest absolute Gasteiger partial charge is 0.312 e. The predicted octanol–water partition coefficient (Wildman–Crippen LogP) is 2.19. The molecule has 0 aliphatic rings. The predicted molar refractivity (Wildman–Crippen MR) is 48.8 cm³/mol. The van der Waals surface area contributed by atoms with Crippen molar-refractivity contribution >= 4 is 15.9 Å². The molecule has 60 valence electrons. The van der Waals surface area contributed by atoms with Gasteiger partial charge >= 0.3 is 0 Å². The van der Waals surface area contributed by atoms with Gasteiger partial charge in [-0.25, -0.2) is 0 Å². The highest BCUT2D eigenvalue weighted by Crippen LogP contribution is 2.04. The monoisotopic (exact) mass is 215 g/mol. The zero-order chi connectivity index (χ0) is 8.43. The molecule has 0 saturated heterocycles. The van der Waals surface area contributed by atoms with Gasteiger partial charge in [-0.05, 0) is 41.9 Å². The average molecular weight is 216 g/mol. The van der Waals surface area contributed by atoms with Gasteiger partial charge in [0.25, 0.3) is 5.56 Å². The number of nitrogens with zero attached hydrogens (tertiary/aromatic N) is 1. The van der Waals surface area contributed by atoms with Gasteiger partial charge in [0.2, 0.25) is 0 Å². The zero-order valence-electron chi connectivity index (χ0n) is 6.54. The van der Waals surface area contributed by atoms with E-state index >= 15 is 0 Å². The normalized spacial score (nSPS) is 10.5. The molecule has 0 aromatic carbocycles. The molecule has 11 heavy (non-hydrogen) atoms. The molecule has 0 fully saturated rings. The first-order valence-corrected chi connectivity index (χ1v) is 4.29. The number of hydrogen-bond donors (Lipinski definition) is 0. The number of aromatic nitrogens is 1. The molecular weight excluding hydrogens is 206 g/mol. The minimum absolute atomic E-state index is 0.0301. The Morgan fingerprint density at radius 1 is 1.55 bits per heavy atom. The molecule has 1 aromatic rings. The lowest BCUT2D eigenvalue weighted by molar-refractivity contribution is 0.576. The van der Waals surface area contributed by atoms with E-state index in [0.717, 1.165) is 0 Å². The van der Waals surface area contributed by atoms with Gasteiger partial charge in [-0.2, -0.15) is 0 Å². The summed E-state index contributed by atoms with van der Waals surface area (Å²) in [5.74, 6) is 0. The maximum Gasteiger partial charge on any atom is 0.265 e. The third kappa shape index (κ3) is 1.71. The minimum Gasteiger partial charge on any atom is -0.312 e. The minimum atomic E-state index is 0.0301. The summed E-state index contributed by atoms with van der Waals surface area (Å²) in [5.41, 5.74) is 0.0301. The number of halogens is 1. The fourth-order valence-electron chi connectivity index (χ4n) is 0.889. The van der Waals surface area contributed by atoms with E-state index in [0.29, 0.717) is 4.47 Å². The highest BCUT2D eigenvalue weighted by molar-refractivity contribution is 9.10. The van der Waals surface area contributed by atoms with Crippen LogP contribution in [0.15, 0.2) is 27.6 Å². The zero-order valence-corrected chi connectivity index (χ0v) is 8.13. The molecule has 1 heterocycles. The highest BCUT2D eigenvalue weighted by Gasteiger charge is 2.01. The molecule has 0 unspecified atom stereocenters. The SMILES string of the molecule is CC(C)n1cccc(Br)c1=O. The fraction of sp³-hybridized carbons (Fsp3) is 0.375. The molecule has 0 radical (unpaired) electrons. The molecule has 0 bridgehead atoms. The van der Waals surface area contributed by atoms with Crippen molar-refractivity contribution in [2.24, 2.45) is 0 Å². The van der Waals surface area contributed by atoms with Gasteiger partial charge in [0.05, 0.1) is 4.47 Å². The lowest BCUT2D eigenvalue weighted by atomic mass is 10.3. The molecule has 0 saturated carbocycles. The summed E-state index contributed by atoms with van der Waals surface area (Å²) in [4.78, 5) is 11.3. The molecule has 0 N–H and O–H groups in total. The third-order valence-electron chi connectivity index (χ3n) is 1.48. The summed E-state index contributed by atoms with van der Waals surface area (Å²) in [6.07, 6.45) is 1.79. The van der Waals surface area contributed by atoms with Crippen LogP contribution in [0.5, 0.6) is 0 Å². The van der Waals surface area contributed by atoms with E-state index in [9.17, 15) is 4.79 Å². The molecule has 3 heteroatoms. The Balaban J connectivity index is 3.28. The van der Waals surface area contributed by atoms with E-state index < -0.39 is 0 Å². The highest BCUT2D eigenvalue weighted by atomic mass is 79.9.